The molecule has 92 valence electrons. The summed E-state index contributed by atoms with van der Waals surface area (Å²) in [5.41, 5.74) is 0.612. The van der Waals surface area contributed by atoms with Gasteiger partial charge in [0.2, 0.25) is 0 Å². The van der Waals surface area contributed by atoms with E-state index in [1.165, 1.54) is 12.1 Å². The fourth-order valence-electron chi connectivity index (χ4n) is 1.33. The average molecular weight is 236 g/mol. The maximum atomic E-state index is 13.1. The van der Waals surface area contributed by atoms with Crippen molar-refractivity contribution in [1.29, 1.82) is 5.26 Å². The van der Waals surface area contributed by atoms with Crippen LogP contribution in [0.2, 0.25) is 0 Å². The molecule has 17 heavy (non-hydrogen) atoms. The summed E-state index contributed by atoms with van der Waals surface area (Å²) in [4.78, 5) is 0. The molecule has 0 atom stereocenters. The van der Waals surface area contributed by atoms with Gasteiger partial charge < -0.3 is 10.1 Å². The summed E-state index contributed by atoms with van der Waals surface area (Å²) in [6, 6.07) is 6.24. The molecular weight excluding hydrogens is 219 g/mol. The van der Waals surface area contributed by atoms with Crippen molar-refractivity contribution >= 4 is 5.69 Å². The summed E-state index contributed by atoms with van der Waals surface area (Å²) in [6.07, 6.45) is 0.822. The Balaban J connectivity index is 2.56. The Morgan fingerprint density at radius 3 is 2.76 bits per heavy atom. The van der Waals surface area contributed by atoms with E-state index in [-0.39, 0.29) is 11.2 Å². The third kappa shape index (κ3) is 4.04. The van der Waals surface area contributed by atoms with Crippen LogP contribution in [0.5, 0.6) is 0 Å². The van der Waals surface area contributed by atoms with Gasteiger partial charge in [0, 0.05) is 19.3 Å². The first kappa shape index (κ1) is 13.5. The third-order valence-corrected chi connectivity index (χ3v) is 2.70. The van der Waals surface area contributed by atoms with Gasteiger partial charge in [0.25, 0.3) is 0 Å². The van der Waals surface area contributed by atoms with Gasteiger partial charge in [0.1, 0.15) is 11.9 Å². The van der Waals surface area contributed by atoms with Gasteiger partial charge >= 0.3 is 0 Å². The zero-order chi connectivity index (χ0) is 12.9. The minimum absolute atomic E-state index is 0.0565. The predicted molar refractivity (Wildman–Crippen MR) is 65.3 cm³/mol. The SMILES string of the molecule is COC(C)(C)CCNc1ccc(F)c(C#N)c1. The lowest BCUT2D eigenvalue weighted by molar-refractivity contribution is 0.0185. The molecule has 0 fully saturated rings. The van der Waals surface area contributed by atoms with Crippen LogP contribution in [0.4, 0.5) is 10.1 Å². The van der Waals surface area contributed by atoms with Gasteiger partial charge in [-0.1, -0.05) is 0 Å². The van der Waals surface area contributed by atoms with Crippen molar-refractivity contribution < 1.29 is 9.13 Å². The first-order chi connectivity index (χ1) is 7.98. The maximum absolute atomic E-state index is 13.1. The van der Waals surface area contributed by atoms with Crippen molar-refractivity contribution in [3.05, 3.63) is 29.6 Å². The molecule has 0 aliphatic heterocycles. The molecule has 0 spiro atoms. The molecule has 1 N–H and O–H groups in total. The molecule has 0 heterocycles. The molecular formula is C13H17FN2O. The number of benzene rings is 1. The van der Waals surface area contributed by atoms with Crippen molar-refractivity contribution in [3.8, 4) is 6.07 Å². The molecule has 0 unspecified atom stereocenters. The topological polar surface area (TPSA) is 45.0 Å². The first-order valence-electron chi connectivity index (χ1n) is 5.47. The van der Waals surface area contributed by atoms with Crippen LogP contribution in [-0.4, -0.2) is 19.3 Å². The highest BCUT2D eigenvalue weighted by atomic mass is 19.1. The molecule has 0 saturated carbocycles. The molecule has 0 aliphatic carbocycles. The van der Waals surface area contributed by atoms with E-state index in [1.54, 1.807) is 13.2 Å². The Morgan fingerprint density at radius 2 is 2.18 bits per heavy atom. The molecule has 0 radical (unpaired) electrons. The normalized spacial score (nSPS) is 11.0. The summed E-state index contributed by atoms with van der Waals surface area (Å²) in [6.45, 7) is 4.71. The van der Waals surface area contributed by atoms with Gasteiger partial charge in [-0.3, -0.25) is 0 Å². The lowest BCUT2D eigenvalue weighted by Crippen LogP contribution is -2.25. The fraction of sp³-hybridized carbons (Fsp3) is 0.462. The summed E-state index contributed by atoms with van der Waals surface area (Å²) in [7, 11) is 1.67. The van der Waals surface area contributed by atoms with Crippen molar-refractivity contribution in [2.24, 2.45) is 0 Å². The van der Waals surface area contributed by atoms with Crippen LogP contribution in [0.1, 0.15) is 25.8 Å². The second-order valence-electron chi connectivity index (χ2n) is 4.45. The molecule has 0 aliphatic rings. The number of methoxy groups -OCH3 is 1. The molecule has 0 amide bonds. The highest BCUT2D eigenvalue weighted by molar-refractivity contribution is 5.49. The van der Waals surface area contributed by atoms with E-state index in [4.69, 9.17) is 10.00 Å². The lowest BCUT2D eigenvalue weighted by atomic mass is 10.1. The minimum atomic E-state index is -0.490. The Kier molecular flexibility index (Phi) is 4.47. The smallest absolute Gasteiger partial charge is 0.141 e. The second kappa shape index (κ2) is 5.65. The highest BCUT2D eigenvalue weighted by Gasteiger charge is 2.15. The van der Waals surface area contributed by atoms with E-state index in [2.05, 4.69) is 5.32 Å². The molecule has 0 saturated heterocycles. The van der Waals surface area contributed by atoms with E-state index in [1.807, 2.05) is 19.9 Å². The predicted octanol–water partition coefficient (Wildman–Crippen LogP) is 2.92. The number of halogens is 1. The van der Waals surface area contributed by atoms with E-state index in [9.17, 15) is 4.39 Å². The maximum Gasteiger partial charge on any atom is 0.141 e. The lowest BCUT2D eigenvalue weighted by Gasteiger charge is -2.23. The van der Waals surface area contributed by atoms with Crippen LogP contribution in [-0.2, 0) is 4.74 Å². The number of hydrogen-bond acceptors (Lipinski definition) is 3. The van der Waals surface area contributed by atoms with E-state index >= 15 is 0 Å². The molecule has 4 heteroatoms. The van der Waals surface area contributed by atoms with E-state index < -0.39 is 5.82 Å². The zero-order valence-electron chi connectivity index (χ0n) is 10.4. The Bertz CT molecular complexity index is 424. The van der Waals surface area contributed by atoms with Crippen LogP contribution < -0.4 is 5.32 Å². The van der Waals surface area contributed by atoms with Gasteiger partial charge in [0.15, 0.2) is 0 Å². The zero-order valence-corrected chi connectivity index (χ0v) is 10.4. The summed E-state index contributed by atoms with van der Waals surface area (Å²) >= 11 is 0. The van der Waals surface area contributed by atoms with Crippen LogP contribution in [0, 0.1) is 17.1 Å². The van der Waals surface area contributed by atoms with Crippen LogP contribution in [0.3, 0.4) is 0 Å². The van der Waals surface area contributed by atoms with E-state index in [0.29, 0.717) is 6.54 Å². The largest absolute Gasteiger partial charge is 0.385 e. The molecule has 1 aromatic rings. The number of anilines is 1. The Hall–Kier alpha value is -1.60. The average Bonchev–Trinajstić information content (AvgIpc) is 2.31. The van der Waals surface area contributed by atoms with Crippen molar-refractivity contribution in [1.82, 2.24) is 0 Å². The number of rotatable bonds is 5. The second-order valence-corrected chi connectivity index (χ2v) is 4.45. The molecule has 1 aromatic carbocycles. The third-order valence-electron chi connectivity index (χ3n) is 2.70. The number of nitrogens with zero attached hydrogens (tertiary/aromatic N) is 1. The van der Waals surface area contributed by atoms with E-state index in [0.717, 1.165) is 12.1 Å². The van der Waals surface area contributed by atoms with Gasteiger partial charge in [-0.2, -0.15) is 5.26 Å². The number of ether oxygens (including phenoxy) is 1. The highest BCUT2D eigenvalue weighted by Crippen LogP contribution is 2.16. The van der Waals surface area contributed by atoms with Crippen LogP contribution >= 0.6 is 0 Å². The molecule has 3 nitrogen and oxygen atoms in total. The molecule has 0 bridgehead atoms. The van der Waals surface area contributed by atoms with Crippen molar-refractivity contribution in [3.63, 3.8) is 0 Å². The Morgan fingerprint density at radius 1 is 1.47 bits per heavy atom. The van der Waals surface area contributed by atoms with Crippen molar-refractivity contribution in [2.45, 2.75) is 25.9 Å². The monoisotopic (exact) mass is 236 g/mol. The van der Waals surface area contributed by atoms with Crippen LogP contribution in [0.25, 0.3) is 0 Å². The summed E-state index contributed by atoms with van der Waals surface area (Å²) < 4.78 is 18.4. The molecule has 0 aromatic heterocycles. The standard InChI is InChI=1S/C13H17FN2O/c1-13(2,17-3)6-7-16-11-4-5-12(14)10(8-11)9-15/h4-5,8,16H,6-7H2,1-3H3. The van der Waals surface area contributed by atoms with Crippen LogP contribution in [0.15, 0.2) is 18.2 Å². The van der Waals surface area contributed by atoms with Crippen molar-refractivity contribution in [2.75, 3.05) is 19.0 Å². The van der Waals surface area contributed by atoms with Gasteiger partial charge in [-0.15, -0.1) is 0 Å². The summed E-state index contributed by atoms with van der Waals surface area (Å²) in [5, 5.41) is 11.8. The van der Waals surface area contributed by atoms with Gasteiger partial charge in [-0.05, 0) is 38.5 Å². The number of nitriles is 1. The number of nitrogens with one attached hydrogen (secondary N) is 1. The first-order valence-corrected chi connectivity index (χ1v) is 5.47. The molecule has 1 rings (SSSR count). The van der Waals surface area contributed by atoms with Gasteiger partial charge in [0.05, 0.1) is 11.2 Å². The Labute approximate surface area is 101 Å². The number of hydrogen-bond donors (Lipinski definition) is 1. The quantitative estimate of drug-likeness (QED) is 0.855. The minimum Gasteiger partial charge on any atom is -0.385 e. The van der Waals surface area contributed by atoms with Gasteiger partial charge in [-0.25, -0.2) is 4.39 Å². The summed E-state index contributed by atoms with van der Waals surface area (Å²) in [5.74, 6) is -0.490. The fourth-order valence-corrected chi connectivity index (χ4v) is 1.33.